The summed E-state index contributed by atoms with van der Waals surface area (Å²) in [5, 5.41) is 6.74. The van der Waals surface area contributed by atoms with Gasteiger partial charge in [0.15, 0.2) is 5.11 Å². The first-order valence-electron chi connectivity index (χ1n) is 8.26. The highest BCUT2D eigenvalue weighted by Crippen LogP contribution is 2.36. The lowest BCUT2D eigenvalue weighted by molar-refractivity contribution is -0.127. The molecule has 7 heteroatoms. The first-order valence-corrected chi connectivity index (χ1v) is 8.67. The van der Waals surface area contributed by atoms with E-state index >= 15 is 0 Å². The third-order valence-electron chi connectivity index (χ3n) is 4.30. The first-order chi connectivity index (χ1) is 12.0. The molecule has 0 bridgehead atoms. The standard InChI is InChI=1S/C18H25N3O3S/c1-6-21(7-2)17(22)15-11(3)19-18(25)20-16(15)13-10-12(23-4)8-9-14(13)24-5/h8-10,16H,6-7H2,1-5H3,(H2,19,20,25). The van der Waals surface area contributed by atoms with Crippen molar-refractivity contribution in [3.8, 4) is 11.5 Å². The van der Waals surface area contributed by atoms with Crippen molar-refractivity contribution >= 4 is 23.2 Å². The first kappa shape index (κ1) is 19.1. The van der Waals surface area contributed by atoms with Crippen LogP contribution < -0.4 is 20.1 Å². The number of allylic oxidation sites excluding steroid dienone is 1. The van der Waals surface area contributed by atoms with Crippen molar-refractivity contribution in [2.75, 3.05) is 27.3 Å². The van der Waals surface area contributed by atoms with Gasteiger partial charge in [-0.05, 0) is 51.2 Å². The van der Waals surface area contributed by atoms with Crippen LogP contribution in [0.15, 0.2) is 29.5 Å². The summed E-state index contributed by atoms with van der Waals surface area (Å²) < 4.78 is 10.8. The van der Waals surface area contributed by atoms with Gasteiger partial charge in [-0.3, -0.25) is 4.79 Å². The van der Waals surface area contributed by atoms with Gasteiger partial charge >= 0.3 is 0 Å². The smallest absolute Gasteiger partial charge is 0.253 e. The summed E-state index contributed by atoms with van der Waals surface area (Å²) in [6.45, 7) is 7.07. The van der Waals surface area contributed by atoms with E-state index in [1.807, 2.05) is 39.0 Å². The van der Waals surface area contributed by atoms with E-state index in [-0.39, 0.29) is 5.91 Å². The second-order valence-corrected chi connectivity index (χ2v) is 6.06. The van der Waals surface area contributed by atoms with Gasteiger partial charge in [0.25, 0.3) is 5.91 Å². The number of methoxy groups -OCH3 is 2. The molecule has 0 aliphatic carbocycles. The number of benzene rings is 1. The largest absolute Gasteiger partial charge is 0.497 e. The summed E-state index contributed by atoms with van der Waals surface area (Å²) >= 11 is 5.31. The molecule has 2 rings (SSSR count). The second-order valence-electron chi connectivity index (χ2n) is 5.66. The number of hydrogen-bond donors (Lipinski definition) is 2. The Hall–Kier alpha value is -2.28. The maximum absolute atomic E-state index is 13.1. The third kappa shape index (κ3) is 3.87. The Morgan fingerprint density at radius 3 is 2.48 bits per heavy atom. The lowest BCUT2D eigenvalue weighted by Gasteiger charge is -2.33. The highest BCUT2D eigenvalue weighted by Gasteiger charge is 2.33. The summed E-state index contributed by atoms with van der Waals surface area (Å²) in [7, 11) is 3.21. The Kier molecular flexibility index (Phi) is 6.25. The van der Waals surface area contributed by atoms with Crippen LogP contribution in [0.3, 0.4) is 0 Å². The number of carbonyl (C=O) groups excluding carboxylic acids is 1. The number of nitrogens with one attached hydrogen (secondary N) is 2. The van der Waals surface area contributed by atoms with Crippen LogP contribution in [-0.4, -0.2) is 43.2 Å². The molecule has 2 N–H and O–H groups in total. The van der Waals surface area contributed by atoms with Crippen molar-refractivity contribution in [3.63, 3.8) is 0 Å². The van der Waals surface area contributed by atoms with Gasteiger partial charge in [-0.2, -0.15) is 0 Å². The lowest BCUT2D eigenvalue weighted by Crippen LogP contribution is -2.47. The molecule has 1 atom stereocenters. The molecule has 0 saturated heterocycles. The maximum atomic E-state index is 13.1. The Morgan fingerprint density at radius 2 is 1.92 bits per heavy atom. The van der Waals surface area contributed by atoms with Crippen LogP contribution in [0.2, 0.25) is 0 Å². The topological polar surface area (TPSA) is 62.8 Å². The molecule has 1 amide bonds. The zero-order valence-corrected chi connectivity index (χ0v) is 16.1. The molecule has 1 aliphatic rings. The molecule has 0 radical (unpaired) electrons. The van der Waals surface area contributed by atoms with Gasteiger partial charge in [-0.1, -0.05) is 0 Å². The predicted molar refractivity (Wildman–Crippen MR) is 102 cm³/mol. The summed E-state index contributed by atoms with van der Waals surface area (Å²) in [5.41, 5.74) is 2.18. The highest BCUT2D eigenvalue weighted by molar-refractivity contribution is 7.80. The van der Waals surface area contributed by atoms with Crippen LogP contribution in [0.25, 0.3) is 0 Å². The second kappa shape index (κ2) is 8.20. The molecule has 6 nitrogen and oxygen atoms in total. The van der Waals surface area contributed by atoms with Crippen molar-refractivity contribution in [1.82, 2.24) is 15.5 Å². The van der Waals surface area contributed by atoms with E-state index < -0.39 is 6.04 Å². The number of hydrogen-bond acceptors (Lipinski definition) is 4. The van der Waals surface area contributed by atoms with E-state index in [1.165, 1.54) is 0 Å². The lowest BCUT2D eigenvalue weighted by atomic mass is 9.93. The van der Waals surface area contributed by atoms with Crippen molar-refractivity contribution in [1.29, 1.82) is 0 Å². The molecule has 1 aromatic carbocycles. The zero-order chi connectivity index (χ0) is 18.6. The van der Waals surface area contributed by atoms with Crippen molar-refractivity contribution in [2.45, 2.75) is 26.8 Å². The van der Waals surface area contributed by atoms with E-state index in [0.29, 0.717) is 35.3 Å². The van der Waals surface area contributed by atoms with Crippen molar-refractivity contribution in [2.24, 2.45) is 0 Å². The van der Waals surface area contributed by atoms with Gasteiger partial charge in [-0.25, -0.2) is 0 Å². The summed E-state index contributed by atoms with van der Waals surface area (Å²) in [5.74, 6) is 1.33. The summed E-state index contributed by atoms with van der Waals surface area (Å²) in [4.78, 5) is 14.9. The van der Waals surface area contributed by atoms with Crippen molar-refractivity contribution in [3.05, 3.63) is 35.0 Å². The normalized spacial score (nSPS) is 16.8. The zero-order valence-electron chi connectivity index (χ0n) is 15.3. The van der Waals surface area contributed by atoms with Gasteiger partial charge in [0.1, 0.15) is 11.5 Å². The molecule has 1 heterocycles. The van der Waals surface area contributed by atoms with Gasteiger partial charge in [0.2, 0.25) is 0 Å². The number of nitrogens with zero attached hydrogens (tertiary/aromatic N) is 1. The van der Waals surface area contributed by atoms with Crippen LogP contribution >= 0.6 is 12.2 Å². The summed E-state index contributed by atoms with van der Waals surface area (Å²) in [6.07, 6.45) is 0. The Bertz CT molecular complexity index is 699. The average Bonchev–Trinajstić information content (AvgIpc) is 2.61. The van der Waals surface area contributed by atoms with E-state index in [2.05, 4.69) is 10.6 Å². The van der Waals surface area contributed by atoms with E-state index in [0.717, 1.165) is 11.3 Å². The number of ether oxygens (including phenoxy) is 2. The molecule has 0 saturated carbocycles. The predicted octanol–water partition coefficient (Wildman–Crippen LogP) is 2.37. The van der Waals surface area contributed by atoms with Crippen LogP contribution in [-0.2, 0) is 4.79 Å². The van der Waals surface area contributed by atoms with Crippen LogP contribution in [0, 0.1) is 0 Å². The van der Waals surface area contributed by atoms with E-state index in [4.69, 9.17) is 21.7 Å². The average molecular weight is 363 g/mol. The van der Waals surface area contributed by atoms with E-state index in [1.54, 1.807) is 19.1 Å². The molecule has 25 heavy (non-hydrogen) atoms. The van der Waals surface area contributed by atoms with Gasteiger partial charge in [0, 0.05) is 24.4 Å². The number of likely N-dealkylation sites (N-methyl/N-ethyl adjacent to an activating group) is 1. The quantitative estimate of drug-likeness (QED) is 0.757. The molecule has 0 fully saturated rings. The summed E-state index contributed by atoms with van der Waals surface area (Å²) in [6, 6.07) is 5.11. The number of thiocarbonyl (C=S) groups is 1. The third-order valence-corrected chi connectivity index (χ3v) is 4.52. The maximum Gasteiger partial charge on any atom is 0.253 e. The SMILES string of the molecule is CCN(CC)C(=O)C1=C(C)NC(=S)NC1c1cc(OC)ccc1OC. The number of rotatable bonds is 6. The minimum absolute atomic E-state index is 0.0279. The minimum Gasteiger partial charge on any atom is -0.497 e. The van der Waals surface area contributed by atoms with Crippen LogP contribution in [0.5, 0.6) is 11.5 Å². The fraction of sp³-hybridized carbons (Fsp3) is 0.444. The molecule has 1 unspecified atom stereocenters. The molecule has 0 spiro atoms. The van der Waals surface area contributed by atoms with Gasteiger partial charge in [-0.15, -0.1) is 0 Å². The highest BCUT2D eigenvalue weighted by atomic mass is 32.1. The number of amides is 1. The van der Waals surface area contributed by atoms with Gasteiger partial charge < -0.3 is 25.0 Å². The monoisotopic (exact) mass is 363 g/mol. The molecule has 1 aliphatic heterocycles. The fourth-order valence-corrected chi connectivity index (χ4v) is 3.23. The molecular weight excluding hydrogens is 338 g/mol. The Labute approximate surface area is 154 Å². The molecule has 136 valence electrons. The molecule has 1 aromatic rings. The van der Waals surface area contributed by atoms with Crippen LogP contribution in [0.4, 0.5) is 0 Å². The Morgan fingerprint density at radius 1 is 1.24 bits per heavy atom. The molecular formula is C18H25N3O3S. The van der Waals surface area contributed by atoms with Crippen molar-refractivity contribution < 1.29 is 14.3 Å². The van der Waals surface area contributed by atoms with Gasteiger partial charge in [0.05, 0.1) is 25.8 Å². The minimum atomic E-state index is -0.410. The Balaban J connectivity index is 2.58. The van der Waals surface area contributed by atoms with Crippen LogP contribution in [0.1, 0.15) is 32.4 Å². The van der Waals surface area contributed by atoms with E-state index in [9.17, 15) is 4.79 Å². The fourth-order valence-electron chi connectivity index (χ4n) is 2.96. The number of carbonyl (C=O) groups is 1. The molecule has 0 aromatic heterocycles.